The second-order valence-corrected chi connectivity index (χ2v) is 7.46. The van der Waals surface area contributed by atoms with Crippen LogP contribution in [0, 0.1) is 0 Å². The number of rotatable bonds is 6. The van der Waals surface area contributed by atoms with E-state index in [0.717, 1.165) is 30.9 Å². The van der Waals surface area contributed by atoms with E-state index in [-0.39, 0.29) is 11.5 Å². The number of aromatic nitrogens is 1. The van der Waals surface area contributed by atoms with Crippen LogP contribution in [0.3, 0.4) is 0 Å². The summed E-state index contributed by atoms with van der Waals surface area (Å²) in [5.41, 5.74) is 2.74. The lowest BCUT2D eigenvalue weighted by Crippen LogP contribution is -2.46. The Bertz CT molecular complexity index is 1060. The van der Waals surface area contributed by atoms with Crippen molar-refractivity contribution in [3.63, 3.8) is 0 Å². The molecule has 1 amide bonds. The summed E-state index contributed by atoms with van der Waals surface area (Å²) in [4.78, 5) is 32.5. The molecule has 2 heterocycles. The van der Waals surface area contributed by atoms with Crippen molar-refractivity contribution in [2.45, 2.75) is 6.54 Å². The van der Waals surface area contributed by atoms with Gasteiger partial charge in [-0.05, 0) is 42.0 Å². The standard InChI is InChI=1S/C24H24N4O3/c29-23(19-7-2-1-3-8-19)26-20-9-4-6-18(16-20)17-27-12-14-28(15-13-27)22-21(24(30)31)10-5-11-25-22/h1-11,16H,12-15,17H2,(H,26,29)(H,30,31). The Morgan fingerprint density at radius 3 is 2.45 bits per heavy atom. The van der Waals surface area contributed by atoms with Crippen molar-refractivity contribution in [2.75, 3.05) is 36.4 Å². The second-order valence-electron chi connectivity index (χ2n) is 7.46. The third-order valence-corrected chi connectivity index (χ3v) is 5.32. The van der Waals surface area contributed by atoms with Crippen molar-refractivity contribution >= 4 is 23.4 Å². The Balaban J connectivity index is 1.35. The number of benzene rings is 2. The molecule has 0 saturated carbocycles. The van der Waals surface area contributed by atoms with Crippen LogP contribution in [0.5, 0.6) is 0 Å². The van der Waals surface area contributed by atoms with Gasteiger partial charge in [0.15, 0.2) is 0 Å². The molecule has 0 unspecified atom stereocenters. The van der Waals surface area contributed by atoms with E-state index in [1.165, 1.54) is 0 Å². The average molecular weight is 416 g/mol. The van der Waals surface area contributed by atoms with Crippen molar-refractivity contribution in [2.24, 2.45) is 0 Å². The van der Waals surface area contributed by atoms with Gasteiger partial charge in [-0.15, -0.1) is 0 Å². The fourth-order valence-electron chi connectivity index (χ4n) is 3.73. The van der Waals surface area contributed by atoms with Gasteiger partial charge in [0.25, 0.3) is 5.91 Å². The molecule has 2 aromatic carbocycles. The number of amides is 1. The molecule has 0 atom stereocenters. The summed E-state index contributed by atoms with van der Waals surface area (Å²) in [5.74, 6) is -0.559. The zero-order valence-corrected chi connectivity index (χ0v) is 17.1. The third kappa shape index (κ3) is 5.07. The number of carboxylic acid groups (broad SMARTS) is 1. The molecule has 7 heteroatoms. The highest BCUT2D eigenvalue weighted by Crippen LogP contribution is 2.20. The zero-order valence-electron chi connectivity index (χ0n) is 17.1. The number of nitrogens with one attached hydrogen (secondary N) is 1. The monoisotopic (exact) mass is 416 g/mol. The van der Waals surface area contributed by atoms with Crippen molar-refractivity contribution in [1.82, 2.24) is 9.88 Å². The molecule has 158 valence electrons. The molecule has 1 aliphatic heterocycles. The molecule has 1 fully saturated rings. The molecule has 2 N–H and O–H groups in total. The highest BCUT2D eigenvalue weighted by molar-refractivity contribution is 6.04. The van der Waals surface area contributed by atoms with Crippen LogP contribution in [0.1, 0.15) is 26.3 Å². The predicted octanol–water partition coefficient (Wildman–Crippen LogP) is 3.35. The number of carboxylic acids is 1. The molecule has 7 nitrogen and oxygen atoms in total. The van der Waals surface area contributed by atoms with E-state index < -0.39 is 5.97 Å². The number of pyridine rings is 1. The molecular weight excluding hydrogens is 392 g/mol. The minimum absolute atomic E-state index is 0.129. The maximum atomic E-state index is 12.4. The zero-order chi connectivity index (χ0) is 21.6. The molecule has 3 aromatic rings. The summed E-state index contributed by atoms with van der Waals surface area (Å²) >= 11 is 0. The van der Waals surface area contributed by atoms with Crippen LogP contribution in [0.25, 0.3) is 0 Å². The van der Waals surface area contributed by atoms with Crippen LogP contribution in [-0.2, 0) is 6.54 Å². The van der Waals surface area contributed by atoms with E-state index in [1.54, 1.807) is 30.5 Å². The number of anilines is 2. The number of carbonyl (C=O) groups excluding carboxylic acids is 1. The molecule has 1 aromatic heterocycles. The lowest BCUT2D eigenvalue weighted by atomic mass is 10.1. The Morgan fingerprint density at radius 1 is 0.935 bits per heavy atom. The van der Waals surface area contributed by atoms with Crippen LogP contribution < -0.4 is 10.2 Å². The summed E-state index contributed by atoms with van der Waals surface area (Å²) in [5, 5.41) is 12.3. The first kappa shape index (κ1) is 20.6. The molecule has 1 saturated heterocycles. The van der Waals surface area contributed by atoms with Gasteiger partial charge in [-0.3, -0.25) is 9.69 Å². The molecule has 0 radical (unpaired) electrons. The molecule has 1 aliphatic rings. The van der Waals surface area contributed by atoms with E-state index >= 15 is 0 Å². The largest absolute Gasteiger partial charge is 0.478 e. The number of carbonyl (C=O) groups is 2. The summed E-state index contributed by atoms with van der Waals surface area (Å²) in [6, 6.07) is 20.2. The first-order valence-corrected chi connectivity index (χ1v) is 10.2. The SMILES string of the molecule is O=C(Nc1cccc(CN2CCN(c3ncccc3C(=O)O)CC2)c1)c1ccccc1. The minimum atomic E-state index is -0.958. The predicted molar refractivity (Wildman–Crippen MR) is 120 cm³/mol. The lowest BCUT2D eigenvalue weighted by molar-refractivity contribution is 0.0696. The van der Waals surface area contributed by atoms with Crippen LogP contribution in [0.2, 0.25) is 0 Å². The molecule has 4 rings (SSSR count). The van der Waals surface area contributed by atoms with E-state index in [1.807, 2.05) is 47.4 Å². The Hall–Kier alpha value is -3.71. The van der Waals surface area contributed by atoms with Crippen LogP contribution in [0.4, 0.5) is 11.5 Å². The van der Waals surface area contributed by atoms with Gasteiger partial charge in [-0.25, -0.2) is 9.78 Å². The Kier molecular flexibility index (Phi) is 6.24. The van der Waals surface area contributed by atoms with Crippen molar-refractivity contribution in [3.8, 4) is 0 Å². The third-order valence-electron chi connectivity index (χ3n) is 5.32. The second kappa shape index (κ2) is 9.40. The van der Waals surface area contributed by atoms with Gasteiger partial charge >= 0.3 is 5.97 Å². The van der Waals surface area contributed by atoms with Crippen LogP contribution in [0.15, 0.2) is 72.9 Å². The fourth-order valence-corrected chi connectivity index (χ4v) is 3.73. The number of aromatic carboxylic acids is 1. The van der Waals surface area contributed by atoms with Crippen LogP contribution >= 0.6 is 0 Å². The van der Waals surface area contributed by atoms with Crippen molar-refractivity contribution < 1.29 is 14.7 Å². The van der Waals surface area contributed by atoms with E-state index in [4.69, 9.17) is 0 Å². The number of hydrogen-bond donors (Lipinski definition) is 2. The fraction of sp³-hybridized carbons (Fsp3) is 0.208. The van der Waals surface area contributed by atoms with Crippen molar-refractivity contribution in [3.05, 3.63) is 89.6 Å². The van der Waals surface area contributed by atoms with Gasteiger partial charge in [-0.2, -0.15) is 0 Å². The summed E-state index contributed by atoms with van der Waals surface area (Å²) in [7, 11) is 0. The summed E-state index contributed by atoms with van der Waals surface area (Å²) in [6.45, 7) is 3.78. The number of nitrogens with zero attached hydrogens (tertiary/aromatic N) is 3. The lowest BCUT2D eigenvalue weighted by Gasteiger charge is -2.35. The maximum Gasteiger partial charge on any atom is 0.339 e. The normalized spacial score (nSPS) is 14.3. The summed E-state index contributed by atoms with van der Waals surface area (Å²) < 4.78 is 0. The Labute approximate surface area is 181 Å². The van der Waals surface area contributed by atoms with Gasteiger partial charge in [0.2, 0.25) is 0 Å². The van der Waals surface area contributed by atoms with Crippen molar-refractivity contribution in [1.29, 1.82) is 0 Å². The van der Waals surface area contributed by atoms with Gasteiger partial charge in [0.1, 0.15) is 11.4 Å². The van der Waals surface area contributed by atoms with Crippen LogP contribution in [-0.4, -0.2) is 53.0 Å². The Morgan fingerprint density at radius 2 is 1.71 bits per heavy atom. The number of hydrogen-bond acceptors (Lipinski definition) is 5. The van der Waals surface area contributed by atoms with Gasteiger partial charge in [0, 0.05) is 50.2 Å². The average Bonchev–Trinajstić information content (AvgIpc) is 2.80. The maximum absolute atomic E-state index is 12.4. The first-order valence-electron chi connectivity index (χ1n) is 10.2. The van der Waals surface area contributed by atoms with Gasteiger partial charge < -0.3 is 15.3 Å². The highest BCUT2D eigenvalue weighted by atomic mass is 16.4. The number of piperazine rings is 1. The smallest absolute Gasteiger partial charge is 0.339 e. The van der Waals surface area contributed by atoms with E-state index in [9.17, 15) is 14.7 Å². The summed E-state index contributed by atoms with van der Waals surface area (Å²) in [6.07, 6.45) is 1.63. The molecular formula is C24H24N4O3. The molecule has 0 aliphatic carbocycles. The topological polar surface area (TPSA) is 85.8 Å². The minimum Gasteiger partial charge on any atom is -0.478 e. The molecule has 0 bridgehead atoms. The first-order chi connectivity index (χ1) is 15.1. The van der Waals surface area contributed by atoms with E-state index in [2.05, 4.69) is 15.2 Å². The van der Waals surface area contributed by atoms with Gasteiger partial charge in [0.05, 0.1) is 0 Å². The molecule has 31 heavy (non-hydrogen) atoms. The van der Waals surface area contributed by atoms with Gasteiger partial charge in [-0.1, -0.05) is 30.3 Å². The van der Waals surface area contributed by atoms with E-state index in [0.29, 0.717) is 24.5 Å². The highest BCUT2D eigenvalue weighted by Gasteiger charge is 2.22. The quantitative estimate of drug-likeness (QED) is 0.641. The molecule has 0 spiro atoms.